The Morgan fingerprint density at radius 2 is 1.84 bits per heavy atom. The minimum absolute atomic E-state index is 0.0936. The topological polar surface area (TPSA) is 82.3 Å². The van der Waals surface area contributed by atoms with Crippen molar-refractivity contribution in [2.75, 3.05) is 20.3 Å². The number of ether oxygens (including phenoxy) is 1. The van der Waals surface area contributed by atoms with Crippen LogP contribution < -0.4 is 16.6 Å². The highest BCUT2D eigenvalue weighted by Gasteiger charge is 2.31. The summed E-state index contributed by atoms with van der Waals surface area (Å²) in [7, 11) is 1.47. The fraction of sp³-hybridized carbons (Fsp3) is 0.286. The molecule has 0 saturated carbocycles. The smallest absolute Gasteiger partial charge is 0.383 e. The van der Waals surface area contributed by atoms with E-state index in [0.717, 1.165) is 22.8 Å². The summed E-state index contributed by atoms with van der Waals surface area (Å²) < 4.78 is 46.1. The molecule has 0 bridgehead atoms. The van der Waals surface area contributed by atoms with E-state index in [0.29, 0.717) is 4.57 Å². The van der Waals surface area contributed by atoms with E-state index in [4.69, 9.17) is 4.74 Å². The number of rotatable bonds is 6. The van der Waals surface area contributed by atoms with Gasteiger partial charge in [0, 0.05) is 13.7 Å². The first-order valence-corrected chi connectivity index (χ1v) is 9.37. The first-order chi connectivity index (χ1) is 14.7. The summed E-state index contributed by atoms with van der Waals surface area (Å²) in [6, 6.07) is 9.02. The fourth-order valence-electron chi connectivity index (χ4n) is 3.25. The van der Waals surface area contributed by atoms with Crippen LogP contribution in [0.1, 0.15) is 18.5 Å². The second kappa shape index (κ2) is 8.76. The number of halogens is 3. The number of alkyl halides is 3. The lowest BCUT2D eigenvalue weighted by atomic mass is 10.1. The molecule has 0 fully saturated rings. The zero-order chi connectivity index (χ0) is 22.8. The lowest BCUT2D eigenvalue weighted by Crippen LogP contribution is -2.44. The third kappa shape index (κ3) is 4.38. The summed E-state index contributed by atoms with van der Waals surface area (Å²) in [6.07, 6.45) is -4.65. The largest absolute Gasteiger partial charge is 0.416 e. The summed E-state index contributed by atoms with van der Waals surface area (Å²) in [5.41, 5.74) is -2.73. The summed E-state index contributed by atoms with van der Waals surface area (Å²) in [4.78, 5) is 38.9. The van der Waals surface area contributed by atoms with E-state index in [1.807, 2.05) is 0 Å². The van der Waals surface area contributed by atoms with E-state index in [1.54, 1.807) is 12.1 Å². The van der Waals surface area contributed by atoms with Crippen molar-refractivity contribution in [3.63, 3.8) is 0 Å². The number of para-hydroxylation sites is 1. The molecule has 31 heavy (non-hydrogen) atoms. The van der Waals surface area contributed by atoms with Crippen molar-refractivity contribution in [2.24, 2.45) is 0 Å². The van der Waals surface area contributed by atoms with Crippen LogP contribution in [0.4, 0.5) is 13.2 Å². The van der Waals surface area contributed by atoms with Gasteiger partial charge in [0.2, 0.25) is 5.91 Å². The molecule has 1 aromatic heterocycles. The van der Waals surface area contributed by atoms with Crippen molar-refractivity contribution in [3.05, 3.63) is 74.9 Å². The van der Waals surface area contributed by atoms with Gasteiger partial charge in [-0.15, -0.1) is 0 Å². The van der Waals surface area contributed by atoms with Gasteiger partial charge in [-0.1, -0.05) is 18.2 Å². The molecule has 1 amide bonds. The van der Waals surface area contributed by atoms with Crippen LogP contribution in [0.3, 0.4) is 0 Å². The van der Waals surface area contributed by atoms with Gasteiger partial charge in [-0.3, -0.25) is 14.2 Å². The number of hydrogen-bond acceptors (Lipinski definition) is 4. The van der Waals surface area contributed by atoms with Crippen LogP contribution in [0.25, 0.3) is 16.6 Å². The molecule has 0 radical (unpaired) electrons. The molecule has 3 aromatic rings. The van der Waals surface area contributed by atoms with Gasteiger partial charge in [-0.2, -0.15) is 13.2 Å². The molecule has 0 aliphatic carbocycles. The van der Waals surface area contributed by atoms with Crippen LogP contribution in [0.5, 0.6) is 0 Å². The van der Waals surface area contributed by atoms with Crippen molar-refractivity contribution in [3.8, 4) is 5.69 Å². The Kier molecular flexibility index (Phi) is 6.30. The maximum Gasteiger partial charge on any atom is 0.416 e. The number of fused-ring (bicyclic) bond motifs is 1. The van der Waals surface area contributed by atoms with Gasteiger partial charge >= 0.3 is 11.9 Å². The van der Waals surface area contributed by atoms with Crippen LogP contribution in [0, 0.1) is 0 Å². The summed E-state index contributed by atoms with van der Waals surface area (Å²) in [6.45, 7) is 1.94. The van der Waals surface area contributed by atoms with E-state index in [9.17, 15) is 27.6 Å². The Morgan fingerprint density at radius 3 is 2.52 bits per heavy atom. The minimum atomic E-state index is -4.65. The third-order valence-corrected chi connectivity index (χ3v) is 4.80. The Balaban J connectivity index is 2.25. The maximum absolute atomic E-state index is 13.3. The van der Waals surface area contributed by atoms with E-state index in [1.165, 1.54) is 32.2 Å². The predicted molar refractivity (Wildman–Crippen MR) is 108 cm³/mol. The van der Waals surface area contributed by atoms with Crippen molar-refractivity contribution < 1.29 is 22.7 Å². The molecule has 1 unspecified atom stereocenters. The van der Waals surface area contributed by atoms with E-state index in [-0.39, 0.29) is 29.7 Å². The van der Waals surface area contributed by atoms with Gasteiger partial charge in [-0.05, 0) is 37.3 Å². The molecule has 10 heteroatoms. The summed E-state index contributed by atoms with van der Waals surface area (Å²) in [5, 5.41) is 2.71. The lowest BCUT2D eigenvalue weighted by Gasteiger charge is -2.20. The van der Waals surface area contributed by atoms with Crippen LogP contribution in [-0.2, 0) is 15.7 Å². The van der Waals surface area contributed by atoms with Crippen LogP contribution >= 0.6 is 0 Å². The van der Waals surface area contributed by atoms with Crippen LogP contribution in [-0.4, -0.2) is 35.3 Å². The fourth-order valence-corrected chi connectivity index (χ4v) is 3.25. The third-order valence-electron chi connectivity index (χ3n) is 4.80. The molecule has 0 saturated heterocycles. The van der Waals surface area contributed by atoms with E-state index >= 15 is 0 Å². The van der Waals surface area contributed by atoms with E-state index in [2.05, 4.69) is 5.32 Å². The second-order valence-electron chi connectivity index (χ2n) is 6.82. The van der Waals surface area contributed by atoms with Crippen molar-refractivity contribution in [2.45, 2.75) is 19.1 Å². The highest BCUT2D eigenvalue weighted by atomic mass is 19.4. The zero-order valence-corrected chi connectivity index (χ0v) is 16.8. The molecule has 3 rings (SSSR count). The quantitative estimate of drug-likeness (QED) is 0.604. The summed E-state index contributed by atoms with van der Waals surface area (Å²) in [5.74, 6) is -0.501. The molecule has 164 valence electrons. The Hall–Kier alpha value is -3.40. The van der Waals surface area contributed by atoms with Crippen LogP contribution in [0.15, 0.2) is 58.1 Å². The molecular formula is C21H20F3N3O4. The number of aromatic nitrogens is 2. The van der Waals surface area contributed by atoms with Gasteiger partial charge < -0.3 is 10.1 Å². The van der Waals surface area contributed by atoms with Gasteiger partial charge in [0.05, 0.1) is 28.8 Å². The highest BCUT2D eigenvalue weighted by Crippen LogP contribution is 2.30. The second-order valence-corrected chi connectivity index (χ2v) is 6.82. The zero-order valence-electron chi connectivity index (χ0n) is 16.8. The van der Waals surface area contributed by atoms with Crippen molar-refractivity contribution in [1.82, 2.24) is 14.5 Å². The number of carbonyl (C=O) groups is 1. The average molecular weight is 435 g/mol. The van der Waals surface area contributed by atoms with Crippen LogP contribution in [0.2, 0.25) is 0 Å². The monoisotopic (exact) mass is 435 g/mol. The standard InChI is InChI=1S/C21H20F3N3O4/c1-13(18(28)25-10-11-31-2)26-17-9-4-3-8-16(17)19(29)27(20(26)30)15-7-5-6-14(12-15)21(22,23)24/h3-9,12-13H,10-11H2,1-2H3,(H,25,28). The van der Waals surface area contributed by atoms with E-state index < -0.39 is 34.9 Å². The molecule has 2 aromatic carbocycles. The molecule has 0 aliphatic heterocycles. The number of hydrogen-bond donors (Lipinski definition) is 1. The van der Waals surface area contributed by atoms with Crippen molar-refractivity contribution >= 4 is 16.8 Å². The summed E-state index contributed by atoms with van der Waals surface area (Å²) >= 11 is 0. The molecule has 1 heterocycles. The van der Waals surface area contributed by atoms with Gasteiger partial charge in [0.1, 0.15) is 6.04 Å². The number of nitrogens with zero attached hydrogens (tertiary/aromatic N) is 2. The first-order valence-electron chi connectivity index (χ1n) is 9.37. The highest BCUT2D eigenvalue weighted by molar-refractivity contribution is 5.84. The number of amides is 1. The molecule has 0 spiro atoms. The molecular weight excluding hydrogens is 415 g/mol. The number of benzene rings is 2. The number of methoxy groups -OCH3 is 1. The lowest BCUT2D eigenvalue weighted by molar-refractivity contribution is -0.137. The van der Waals surface area contributed by atoms with Gasteiger partial charge in [0.15, 0.2) is 0 Å². The van der Waals surface area contributed by atoms with Crippen molar-refractivity contribution in [1.29, 1.82) is 0 Å². The normalized spacial score (nSPS) is 12.7. The number of nitrogens with one attached hydrogen (secondary N) is 1. The SMILES string of the molecule is COCCNC(=O)C(C)n1c(=O)n(-c2cccc(C(F)(F)F)c2)c(=O)c2ccccc21. The molecule has 0 aliphatic rings. The number of carbonyl (C=O) groups excluding carboxylic acids is 1. The minimum Gasteiger partial charge on any atom is -0.383 e. The maximum atomic E-state index is 13.3. The molecule has 1 atom stereocenters. The predicted octanol–water partition coefficient (Wildman–Crippen LogP) is 2.49. The first kappa shape index (κ1) is 22.3. The molecule has 1 N–H and O–H groups in total. The Labute approximate surface area is 174 Å². The van der Waals surface area contributed by atoms with Gasteiger partial charge in [0.25, 0.3) is 5.56 Å². The Morgan fingerprint density at radius 1 is 1.13 bits per heavy atom. The van der Waals surface area contributed by atoms with Gasteiger partial charge in [-0.25, -0.2) is 9.36 Å². The molecule has 7 nitrogen and oxygen atoms in total. The Bertz CT molecular complexity index is 1230. The average Bonchev–Trinajstić information content (AvgIpc) is 2.73.